The summed E-state index contributed by atoms with van der Waals surface area (Å²) in [6.07, 6.45) is 2.30. The SMILES string of the molecule is Cc1cc2c3c(c1)N(c1ccccc1)c1c(sc4cc5c(cc14)CC(C)(C)C5)B3c1sc3ccccc3c1N2c1ccccc1. The maximum Gasteiger partial charge on any atom is 0.277 e. The minimum Gasteiger partial charge on any atom is -0.310 e. The van der Waals surface area contributed by atoms with Crippen molar-refractivity contribution in [2.75, 3.05) is 9.80 Å². The van der Waals surface area contributed by atoms with Gasteiger partial charge in [-0.15, -0.1) is 22.7 Å². The molecule has 0 fully saturated rings. The molecule has 0 unspecified atom stereocenters. The molecular weight excluding hydrogens is 583 g/mol. The minimum absolute atomic E-state index is 0.182. The number of fused-ring (bicyclic) bond motifs is 9. The first-order chi connectivity index (χ1) is 21.9. The Bertz CT molecular complexity index is 2330. The molecule has 45 heavy (non-hydrogen) atoms. The van der Waals surface area contributed by atoms with E-state index < -0.39 is 0 Å². The van der Waals surface area contributed by atoms with Crippen molar-refractivity contribution < 1.29 is 0 Å². The van der Waals surface area contributed by atoms with Crippen molar-refractivity contribution in [1.82, 2.24) is 0 Å². The first kappa shape index (κ1) is 26.0. The Hall–Kier alpha value is -4.32. The van der Waals surface area contributed by atoms with Crippen molar-refractivity contribution in [2.24, 2.45) is 5.41 Å². The van der Waals surface area contributed by atoms with Crippen molar-refractivity contribution in [3.05, 3.63) is 126 Å². The maximum absolute atomic E-state index is 2.59. The second-order valence-corrected chi connectivity index (χ2v) is 15.9. The van der Waals surface area contributed by atoms with Gasteiger partial charge in [-0.25, -0.2) is 0 Å². The van der Waals surface area contributed by atoms with Crippen LogP contribution in [0.5, 0.6) is 0 Å². The zero-order chi connectivity index (χ0) is 30.0. The summed E-state index contributed by atoms with van der Waals surface area (Å²) in [5.41, 5.74) is 13.8. The molecule has 0 bridgehead atoms. The smallest absolute Gasteiger partial charge is 0.277 e. The van der Waals surface area contributed by atoms with E-state index in [0.717, 1.165) is 12.8 Å². The molecule has 5 heteroatoms. The average molecular weight is 615 g/mol. The van der Waals surface area contributed by atoms with Gasteiger partial charge >= 0.3 is 0 Å². The van der Waals surface area contributed by atoms with Crippen LogP contribution in [0.4, 0.5) is 34.1 Å². The number of thiophene rings is 2. The molecule has 0 atom stereocenters. The van der Waals surface area contributed by atoms with Crippen LogP contribution < -0.4 is 24.8 Å². The number of anilines is 6. The normalized spacial score (nSPS) is 15.8. The van der Waals surface area contributed by atoms with Gasteiger partial charge in [0.05, 0.1) is 11.4 Å². The van der Waals surface area contributed by atoms with Gasteiger partial charge in [0.25, 0.3) is 6.71 Å². The van der Waals surface area contributed by atoms with E-state index in [-0.39, 0.29) is 6.71 Å². The third-order valence-corrected chi connectivity index (χ3v) is 12.4. The van der Waals surface area contributed by atoms with Crippen LogP contribution in [0.1, 0.15) is 30.5 Å². The van der Waals surface area contributed by atoms with Crippen molar-refractivity contribution in [2.45, 2.75) is 33.6 Å². The summed E-state index contributed by atoms with van der Waals surface area (Å²) in [5.74, 6) is 0. The van der Waals surface area contributed by atoms with Crippen molar-refractivity contribution >= 4 is 98.7 Å². The Labute approximate surface area is 272 Å². The number of rotatable bonds is 2. The van der Waals surface area contributed by atoms with Crippen molar-refractivity contribution in [1.29, 1.82) is 0 Å². The first-order valence-electron chi connectivity index (χ1n) is 15.9. The molecular formula is C40H31BN2S2. The number of aryl methyl sites for hydroxylation is 1. The molecule has 3 aliphatic rings. The molecule has 5 aromatic carbocycles. The van der Waals surface area contributed by atoms with Crippen LogP contribution >= 0.6 is 22.7 Å². The largest absolute Gasteiger partial charge is 0.310 e. The van der Waals surface area contributed by atoms with Gasteiger partial charge in [0.15, 0.2) is 0 Å². The molecule has 2 aliphatic heterocycles. The van der Waals surface area contributed by atoms with Gasteiger partial charge in [-0.2, -0.15) is 0 Å². The van der Waals surface area contributed by atoms with Gasteiger partial charge < -0.3 is 9.80 Å². The van der Waals surface area contributed by atoms with Crippen LogP contribution in [-0.4, -0.2) is 6.71 Å². The molecule has 1 aliphatic carbocycles. The van der Waals surface area contributed by atoms with Crippen LogP contribution in [0.25, 0.3) is 20.2 Å². The molecule has 0 saturated carbocycles. The molecule has 2 nitrogen and oxygen atoms in total. The highest BCUT2D eigenvalue weighted by atomic mass is 32.1. The molecule has 216 valence electrons. The minimum atomic E-state index is 0.182. The second-order valence-electron chi connectivity index (χ2n) is 13.8. The third-order valence-electron chi connectivity index (χ3n) is 10.00. The zero-order valence-electron chi connectivity index (χ0n) is 25.6. The van der Waals surface area contributed by atoms with Crippen molar-refractivity contribution in [3.8, 4) is 0 Å². The standard InChI is InChI=1S/C40H31BN2S2/c1-24-18-31-35-32(19-24)43(28-14-8-5-9-15-28)37-30-20-25-22-40(2,3)23-26(25)21-34(30)45-39(37)41(35)38-36(29-16-10-11-17-33(29)44-38)42(31)27-12-6-4-7-13-27/h4-21H,22-23H2,1-3H3. The monoisotopic (exact) mass is 614 g/mol. The van der Waals surface area contributed by atoms with E-state index in [4.69, 9.17) is 0 Å². The number of hydrogen-bond acceptors (Lipinski definition) is 4. The van der Waals surface area contributed by atoms with E-state index in [0.29, 0.717) is 5.41 Å². The molecule has 0 radical (unpaired) electrons. The average Bonchev–Trinajstić information content (AvgIpc) is 3.69. The summed E-state index contributed by atoms with van der Waals surface area (Å²) >= 11 is 4.00. The highest BCUT2D eigenvalue weighted by Crippen LogP contribution is 2.51. The molecule has 10 rings (SSSR count). The topological polar surface area (TPSA) is 6.48 Å². The van der Waals surface area contributed by atoms with Crippen LogP contribution in [-0.2, 0) is 12.8 Å². The summed E-state index contributed by atoms with van der Waals surface area (Å²) in [6, 6.07) is 41.0. The van der Waals surface area contributed by atoms with Crippen molar-refractivity contribution in [3.63, 3.8) is 0 Å². The lowest BCUT2D eigenvalue weighted by molar-refractivity contribution is 0.392. The Morgan fingerprint density at radius 2 is 1.13 bits per heavy atom. The van der Waals surface area contributed by atoms with Crippen LogP contribution in [0.2, 0.25) is 0 Å². The van der Waals surface area contributed by atoms with Gasteiger partial charge in [-0.05, 0) is 102 Å². The third kappa shape index (κ3) is 3.63. The second kappa shape index (κ2) is 9.12. The quantitative estimate of drug-likeness (QED) is 0.179. The zero-order valence-corrected chi connectivity index (χ0v) is 27.2. The first-order valence-corrected chi connectivity index (χ1v) is 17.5. The van der Waals surface area contributed by atoms with E-state index in [1.54, 1.807) is 0 Å². The van der Waals surface area contributed by atoms with Gasteiger partial charge in [0, 0.05) is 52.5 Å². The lowest BCUT2D eigenvalue weighted by Crippen LogP contribution is -2.59. The summed E-state index contributed by atoms with van der Waals surface area (Å²) in [4.78, 5) is 5.14. The van der Waals surface area contributed by atoms with Gasteiger partial charge in [0.2, 0.25) is 0 Å². The summed E-state index contributed by atoms with van der Waals surface area (Å²) in [6.45, 7) is 7.27. The van der Waals surface area contributed by atoms with E-state index in [9.17, 15) is 0 Å². The van der Waals surface area contributed by atoms with E-state index in [1.165, 1.54) is 86.0 Å². The maximum atomic E-state index is 2.59. The Morgan fingerprint density at radius 1 is 0.600 bits per heavy atom. The molecule has 7 aromatic rings. The Morgan fingerprint density at radius 3 is 1.78 bits per heavy atom. The van der Waals surface area contributed by atoms with Crippen LogP contribution in [0, 0.1) is 12.3 Å². The van der Waals surface area contributed by atoms with E-state index in [2.05, 4.69) is 140 Å². The van der Waals surface area contributed by atoms with Gasteiger partial charge in [0.1, 0.15) is 0 Å². The highest BCUT2D eigenvalue weighted by Gasteiger charge is 2.47. The lowest BCUT2D eigenvalue weighted by Gasteiger charge is -2.42. The number of para-hydroxylation sites is 2. The highest BCUT2D eigenvalue weighted by molar-refractivity contribution is 7.40. The van der Waals surface area contributed by atoms with Gasteiger partial charge in [-0.3, -0.25) is 0 Å². The van der Waals surface area contributed by atoms with Crippen LogP contribution in [0.15, 0.2) is 109 Å². The Kier molecular flexibility index (Phi) is 5.26. The molecule has 0 N–H and O–H groups in total. The summed E-state index contributed by atoms with van der Waals surface area (Å²) in [5, 5.41) is 2.74. The predicted molar refractivity (Wildman–Crippen MR) is 197 cm³/mol. The fourth-order valence-electron chi connectivity index (χ4n) is 8.30. The fourth-order valence-corrected chi connectivity index (χ4v) is 11.0. The molecule has 2 aromatic heterocycles. The lowest BCUT2D eigenvalue weighted by atomic mass is 9.39. The summed E-state index contributed by atoms with van der Waals surface area (Å²) < 4.78 is 5.68. The number of benzene rings is 5. The van der Waals surface area contributed by atoms with Crippen LogP contribution in [0.3, 0.4) is 0 Å². The molecule has 0 saturated heterocycles. The number of nitrogens with zero attached hydrogens (tertiary/aromatic N) is 2. The Balaban J connectivity index is 1.35. The fraction of sp³-hybridized carbons (Fsp3) is 0.150. The van der Waals surface area contributed by atoms with Gasteiger partial charge in [-0.1, -0.05) is 68.4 Å². The summed E-state index contributed by atoms with van der Waals surface area (Å²) in [7, 11) is 0. The predicted octanol–water partition coefficient (Wildman–Crippen LogP) is 9.63. The molecule has 4 heterocycles. The van der Waals surface area contributed by atoms with E-state index >= 15 is 0 Å². The number of hydrogen-bond donors (Lipinski definition) is 0. The molecule has 0 spiro atoms. The molecule has 0 amide bonds. The van der Waals surface area contributed by atoms with E-state index in [1.807, 2.05) is 22.7 Å².